The maximum atomic E-state index is 5.30. The molecule has 3 heterocycles. The Kier molecular flexibility index (Phi) is 10.1. The lowest BCUT2D eigenvalue weighted by Crippen LogP contribution is -2.03. The lowest BCUT2D eigenvalue weighted by molar-refractivity contribution is 1.05. The van der Waals surface area contributed by atoms with Gasteiger partial charge in [-0.2, -0.15) is 0 Å². The molecular weight excluding hydrogens is 817 g/mol. The van der Waals surface area contributed by atoms with Gasteiger partial charge < -0.3 is 0 Å². The average molecular weight is 857 g/mol. The van der Waals surface area contributed by atoms with Gasteiger partial charge >= 0.3 is 0 Å². The number of hydrogen-bond donors (Lipinski definition) is 0. The zero-order valence-corrected chi connectivity index (χ0v) is 36.3. The molecule has 0 amide bonds. The van der Waals surface area contributed by atoms with Gasteiger partial charge in [-0.1, -0.05) is 231 Å². The van der Waals surface area contributed by atoms with E-state index in [0.717, 1.165) is 94.7 Å². The van der Waals surface area contributed by atoms with Crippen molar-refractivity contribution in [1.29, 1.82) is 0 Å². The second-order valence-corrected chi connectivity index (χ2v) is 16.5. The summed E-state index contributed by atoms with van der Waals surface area (Å²) in [6.45, 7) is 0. The standard InChI is InChI=1S/C61H40N6/c1-5-17-41(18-6-1)49-25-15-27-51(39-49)58-62-56(63-59(64-58)52-28-16-26-50(40-52)42-19-7-2-8-20-42)47-35-31-43(32-36-47)44-33-37-48(38-34-44)60-65-57(46-23-11-4-12-24-46)66-61-54-30-14-13-29-53(54)55(67(60)61)45-21-9-3-10-22-45/h1-40H. The molecule has 0 aliphatic rings. The van der Waals surface area contributed by atoms with Crippen LogP contribution in [0.1, 0.15) is 0 Å². The summed E-state index contributed by atoms with van der Waals surface area (Å²) in [5.74, 6) is 3.34. The quantitative estimate of drug-likeness (QED) is 0.145. The van der Waals surface area contributed by atoms with Gasteiger partial charge in [-0.25, -0.2) is 24.9 Å². The van der Waals surface area contributed by atoms with Gasteiger partial charge in [0.15, 0.2) is 23.3 Å². The third-order valence-corrected chi connectivity index (χ3v) is 12.3. The molecule has 6 nitrogen and oxygen atoms in total. The molecule has 314 valence electrons. The monoisotopic (exact) mass is 856 g/mol. The minimum absolute atomic E-state index is 0.604. The molecule has 0 atom stereocenters. The van der Waals surface area contributed by atoms with Gasteiger partial charge in [0.1, 0.15) is 11.5 Å². The molecule has 0 saturated carbocycles. The summed E-state index contributed by atoms with van der Waals surface area (Å²) in [6.07, 6.45) is 0. The number of fused-ring (bicyclic) bond motifs is 3. The summed E-state index contributed by atoms with van der Waals surface area (Å²) in [6, 6.07) is 84.0. The highest BCUT2D eigenvalue weighted by Crippen LogP contribution is 2.38. The minimum atomic E-state index is 0.604. The van der Waals surface area contributed by atoms with Crippen LogP contribution < -0.4 is 0 Å². The molecule has 0 aliphatic carbocycles. The van der Waals surface area contributed by atoms with Gasteiger partial charge in [0.2, 0.25) is 0 Å². The van der Waals surface area contributed by atoms with Crippen molar-refractivity contribution in [2.75, 3.05) is 0 Å². The molecular formula is C61H40N6. The summed E-state index contributed by atoms with van der Waals surface area (Å²) < 4.78 is 2.23. The Hall–Kier alpha value is -9.13. The largest absolute Gasteiger partial charge is 0.277 e. The smallest absolute Gasteiger partial charge is 0.164 e. The molecule has 12 rings (SSSR count). The normalized spacial score (nSPS) is 11.3. The highest BCUT2D eigenvalue weighted by Gasteiger charge is 2.21. The Labute approximate surface area is 388 Å². The third-order valence-electron chi connectivity index (χ3n) is 12.3. The van der Waals surface area contributed by atoms with E-state index in [0.29, 0.717) is 23.3 Å². The van der Waals surface area contributed by atoms with E-state index in [1.54, 1.807) is 0 Å². The van der Waals surface area contributed by atoms with E-state index in [4.69, 9.17) is 24.9 Å². The predicted molar refractivity (Wildman–Crippen MR) is 273 cm³/mol. The van der Waals surface area contributed by atoms with Crippen LogP contribution in [0.3, 0.4) is 0 Å². The van der Waals surface area contributed by atoms with Crippen molar-refractivity contribution in [2.24, 2.45) is 0 Å². The lowest BCUT2D eigenvalue weighted by atomic mass is 10.0. The van der Waals surface area contributed by atoms with E-state index < -0.39 is 0 Å². The van der Waals surface area contributed by atoms with Crippen molar-refractivity contribution in [2.45, 2.75) is 0 Å². The van der Waals surface area contributed by atoms with Crippen molar-refractivity contribution in [1.82, 2.24) is 29.3 Å². The van der Waals surface area contributed by atoms with Crippen molar-refractivity contribution >= 4 is 16.4 Å². The number of hydrogen-bond acceptors (Lipinski definition) is 5. The number of rotatable bonds is 9. The van der Waals surface area contributed by atoms with E-state index in [2.05, 4.69) is 217 Å². The average Bonchev–Trinajstić information content (AvgIpc) is 3.76. The van der Waals surface area contributed by atoms with Crippen LogP contribution in [-0.4, -0.2) is 29.3 Å². The van der Waals surface area contributed by atoms with E-state index in [1.807, 2.05) is 30.3 Å². The van der Waals surface area contributed by atoms with E-state index in [1.165, 1.54) is 0 Å². The van der Waals surface area contributed by atoms with Crippen LogP contribution in [0, 0.1) is 0 Å². The fourth-order valence-corrected chi connectivity index (χ4v) is 8.94. The van der Waals surface area contributed by atoms with Gasteiger partial charge in [0.05, 0.1) is 5.69 Å². The molecule has 67 heavy (non-hydrogen) atoms. The SMILES string of the molecule is c1ccc(-c2cccc(-c3nc(-c4ccc(-c5ccc(-c6nc(-c7ccccc7)nc7c8ccccc8c(-c8ccccc8)n67)cc5)cc4)nc(-c4cccc(-c5ccccc5)c4)n3)c2)cc1. The van der Waals surface area contributed by atoms with Crippen LogP contribution in [0.25, 0.3) is 118 Å². The fraction of sp³-hybridized carbons (Fsp3) is 0. The molecule has 3 aromatic heterocycles. The highest BCUT2D eigenvalue weighted by molar-refractivity contribution is 6.06. The van der Waals surface area contributed by atoms with Gasteiger partial charge in [-0.05, 0) is 51.1 Å². The molecule has 0 unspecified atom stereocenters. The summed E-state index contributed by atoms with van der Waals surface area (Å²) in [5, 5.41) is 2.21. The van der Waals surface area contributed by atoms with Crippen molar-refractivity contribution in [3.05, 3.63) is 243 Å². The van der Waals surface area contributed by atoms with E-state index >= 15 is 0 Å². The molecule has 6 heteroatoms. The van der Waals surface area contributed by atoms with Crippen LogP contribution in [0.5, 0.6) is 0 Å². The number of nitrogens with zero attached hydrogens (tertiary/aromatic N) is 6. The Bertz CT molecular complexity index is 3600. The van der Waals surface area contributed by atoms with Crippen molar-refractivity contribution in [3.8, 4) is 102 Å². The number of aromatic nitrogens is 6. The lowest BCUT2D eigenvalue weighted by Gasteiger charge is -2.13. The Morgan fingerprint density at radius 1 is 0.224 bits per heavy atom. The Morgan fingerprint density at radius 3 is 1.09 bits per heavy atom. The maximum Gasteiger partial charge on any atom is 0.164 e. The van der Waals surface area contributed by atoms with Crippen LogP contribution in [0.4, 0.5) is 0 Å². The maximum absolute atomic E-state index is 5.30. The topological polar surface area (TPSA) is 68.9 Å². The van der Waals surface area contributed by atoms with Crippen molar-refractivity contribution in [3.63, 3.8) is 0 Å². The van der Waals surface area contributed by atoms with Gasteiger partial charge in [0, 0.05) is 38.6 Å². The summed E-state index contributed by atoms with van der Waals surface area (Å²) in [5.41, 5.74) is 14.4. The third kappa shape index (κ3) is 7.62. The number of benzene rings is 9. The highest BCUT2D eigenvalue weighted by atomic mass is 15.1. The van der Waals surface area contributed by atoms with Crippen molar-refractivity contribution < 1.29 is 0 Å². The first-order valence-electron chi connectivity index (χ1n) is 22.4. The summed E-state index contributed by atoms with van der Waals surface area (Å²) in [4.78, 5) is 25.9. The first kappa shape index (κ1) is 39.5. The fourth-order valence-electron chi connectivity index (χ4n) is 8.94. The zero-order valence-electron chi connectivity index (χ0n) is 36.3. The first-order valence-corrected chi connectivity index (χ1v) is 22.4. The van der Waals surface area contributed by atoms with Crippen LogP contribution in [0.2, 0.25) is 0 Å². The molecule has 0 radical (unpaired) electrons. The first-order chi connectivity index (χ1) is 33.2. The molecule has 0 bridgehead atoms. The molecule has 0 saturated heterocycles. The van der Waals surface area contributed by atoms with E-state index in [-0.39, 0.29) is 0 Å². The van der Waals surface area contributed by atoms with Gasteiger partial charge in [-0.3, -0.25) is 4.40 Å². The molecule has 0 N–H and O–H groups in total. The molecule has 0 spiro atoms. The molecule has 0 fully saturated rings. The molecule has 0 aliphatic heterocycles. The summed E-state index contributed by atoms with van der Waals surface area (Å²) in [7, 11) is 0. The van der Waals surface area contributed by atoms with Gasteiger partial charge in [-0.15, -0.1) is 0 Å². The molecule has 9 aromatic carbocycles. The van der Waals surface area contributed by atoms with Crippen LogP contribution in [-0.2, 0) is 0 Å². The minimum Gasteiger partial charge on any atom is -0.277 e. The van der Waals surface area contributed by atoms with Gasteiger partial charge in [0.25, 0.3) is 0 Å². The second-order valence-electron chi connectivity index (χ2n) is 16.5. The predicted octanol–water partition coefficient (Wildman–Crippen LogP) is 15.1. The zero-order chi connectivity index (χ0) is 44.5. The second kappa shape index (κ2) is 17.1. The van der Waals surface area contributed by atoms with Crippen LogP contribution in [0.15, 0.2) is 243 Å². The molecule has 12 aromatic rings. The van der Waals surface area contributed by atoms with Crippen LogP contribution >= 0.6 is 0 Å². The Balaban J connectivity index is 0.933. The Morgan fingerprint density at radius 2 is 0.567 bits per heavy atom. The summed E-state index contributed by atoms with van der Waals surface area (Å²) >= 11 is 0. The van der Waals surface area contributed by atoms with E-state index in [9.17, 15) is 0 Å².